The van der Waals surface area contributed by atoms with Gasteiger partial charge in [-0.3, -0.25) is 4.79 Å². The van der Waals surface area contributed by atoms with Crippen LogP contribution in [-0.2, 0) is 14.3 Å². The van der Waals surface area contributed by atoms with Crippen LogP contribution < -0.4 is 5.32 Å². The molecule has 1 aliphatic heterocycles. The van der Waals surface area contributed by atoms with E-state index < -0.39 is 5.60 Å². The van der Waals surface area contributed by atoms with Gasteiger partial charge >= 0.3 is 6.09 Å². The van der Waals surface area contributed by atoms with Crippen molar-refractivity contribution in [2.75, 3.05) is 26.9 Å². The van der Waals surface area contributed by atoms with Crippen LogP contribution in [0.5, 0.6) is 0 Å². The third-order valence-corrected chi connectivity index (χ3v) is 2.60. The Balaban J connectivity index is 2.41. The Hall–Kier alpha value is -1.30. The van der Waals surface area contributed by atoms with E-state index in [-0.39, 0.29) is 24.6 Å². The Morgan fingerprint density at radius 2 is 2.06 bits per heavy atom. The number of nitrogens with one attached hydrogen (secondary N) is 1. The average molecular weight is 258 g/mol. The van der Waals surface area contributed by atoms with Crippen molar-refractivity contribution in [1.82, 2.24) is 10.2 Å². The maximum absolute atomic E-state index is 11.8. The van der Waals surface area contributed by atoms with Gasteiger partial charge in [-0.05, 0) is 27.2 Å². The molecule has 1 heterocycles. The first-order chi connectivity index (χ1) is 8.33. The first-order valence-corrected chi connectivity index (χ1v) is 6.08. The first kappa shape index (κ1) is 14.8. The monoisotopic (exact) mass is 258 g/mol. The summed E-state index contributed by atoms with van der Waals surface area (Å²) >= 11 is 0. The van der Waals surface area contributed by atoms with E-state index >= 15 is 0 Å². The molecule has 1 N–H and O–H groups in total. The molecule has 18 heavy (non-hydrogen) atoms. The molecule has 0 unspecified atom stereocenters. The number of methoxy groups -OCH3 is 1. The van der Waals surface area contributed by atoms with Gasteiger partial charge in [0.25, 0.3) is 0 Å². The van der Waals surface area contributed by atoms with Crippen LogP contribution in [0.2, 0.25) is 0 Å². The van der Waals surface area contributed by atoms with E-state index in [0.717, 1.165) is 0 Å². The molecule has 0 aliphatic carbocycles. The van der Waals surface area contributed by atoms with Crippen LogP contribution in [0.1, 0.15) is 27.2 Å². The second-order valence-electron chi connectivity index (χ2n) is 5.39. The molecule has 0 radical (unpaired) electrons. The molecule has 6 heteroatoms. The zero-order valence-electron chi connectivity index (χ0n) is 11.5. The third-order valence-electron chi connectivity index (χ3n) is 2.60. The third kappa shape index (κ3) is 4.52. The van der Waals surface area contributed by atoms with Gasteiger partial charge < -0.3 is 19.7 Å². The van der Waals surface area contributed by atoms with E-state index in [4.69, 9.17) is 9.47 Å². The lowest BCUT2D eigenvalue weighted by atomic mass is 10.1. The van der Waals surface area contributed by atoms with Gasteiger partial charge in [-0.1, -0.05) is 0 Å². The lowest BCUT2D eigenvalue weighted by molar-refractivity contribution is -0.126. The van der Waals surface area contributed by atoms with E-state index in [1.54, 1.807) is 4.90 Å². The second kappa shape index (κ2) is 6.04. The Bertz CT molecular complexity index is 312. The van der Waals surface area contributed by atoms with Crippen LogP contribution in [0.15, 0.2) is 0 Å². The predicted octanol–water partition coefficient (Wildman–Crippen LogP) is 0.963. The zero-order chi connectivity index (χ0) is 13.8. The first-order valence-electron chi connectivity index (χ1n) is 6.08. The Kier molecular flexibility index (Phi) is 4.95. The highest BCUT2D eigenvalue weighted by molar-refractivity contribution is 5.80. The second-order valence-corrected chi connectivity index (χ2v) is 5.39. The molecule has 0 spiro atoms. The van der Waals surface area contributed by atoms with Crippen molar-refractivity contribution in [3.8, 4) is 0 Å². The summed E-state index contributed by atoms with van der Waals surface area (Å²) in [6, 6.07) is 0. The van der Waals surface area contributed by atoms with Crippen molar-refractivity contribution in [2.24, 2.45) is 5.92 Å². The van der Waals surface area contributed by atoms with Gasteiger partial charge in [0.2, 0.25) is 5.91 Å². The number of rotatable bonds is 3. The number of nitrogens with zero attached hydrogens (tertiary/aromatic N) is 1. The predicted molar refractivity (Wildman–Crippen MR) is 65.9 cm³/mol. The number of likely N-dealkylation sites (tertiary alicyclic amines) is 1. The largest absolute Gasteiger partial charge is 0.444 e. The summed E-state index contributed by atoms with van der Waals surface area (Å²) in [5.41, 5.74) is -0.506. The number of carbonyl (C=O) groups excluding carboxylic acids is 2. The van der Waals surface area contributed by atoms with E-state index in [1.807, 2.05) is 20.8 Å². The van der Waals surface area contributed by atoms with Gasteiger partial charge in [-0.15, -0.1) is 0 Å². The fourth-order valence-corrected chi connectivity index (χ4v) is 1.75. The van der Waals surface area contributed by atoms with Gasteiger partial charge in [0, 0.05) is 20.2 Å². The van der Waals surface area contributed by atoms with Crippen LogP contribution in [0.4, 0.5) is 4.79 Å². The maximum atomic E-state index is 11.8. The summed E-state index contributed by atoms with van der Waals surface area (Å²) in [7, 11) is 1.52. The number of ether oxygens (including phenoxy) is 2. The molecule has 0 aromatic carbocycles. The number of amides is 2. The maximum Gasteiger partial charge on any atom is 0.410 e. The molecule has 0 saturated carbocycles. The number of hydrogen-bond donors (Lipinski definition) is 1. The van der Waals surface area contributed by atoms with Crippen LogP contribution in [0.3, 0.4) is 0 Å². The average Bonchev–Trinajstić information content (AvgIpc) is 2.72. The molecule has 104 valence electrons. The number of hydrogen-bond acceptors (Lipinski definition) is 4. The quantitative estimate of drug-likeness (QED) is 0.766. The summed E-state index contributed by atoms with van der Waals surface area (Å²) in [5.74, 6) is -0.254. The molecule has 1 fully saturated rings. The lowest BCUT2D eigenvalue weighted by Gasteiger charge is -2.24. The summed E-state index contributed by atoms with van der Waals surface area (Å²) in [6.45, 7) is 6.63. The van der Waals surface area contributed by atoms with Gasteiger partial charge in [0.1, 0.15) is 12.3 Å². The minimum absolute atomic E-state index is 0.0806. The van der Waals surface area contributed by atoms with Crippen molar-refractivity contribution in [3.05, 3.63) is 0 Å². The highest BCUT2D eigenvalue weighted by Gasteiger charge is 2.33. The summed E-state index contributed by atoms with van der Waals surface area (Å²) in [4.78, 5) is 25.0. The molecule has 0 bridgehead atoms. The smallest absolute Gasteiger partial charge is 0.410 e. The van der Waals surface area contributed by atoms with E-state index in [2.05, 4.69) is 5.32 Å². The molecule has 1 aliphatic rings. The molecule has 1 saturated heterocycles. The van der Waals surface area contributed by atoms with Crippen LogP contribution in [-0.4, -0.2) is 49.4 Å². The fraction of sp³-hybridized carbons (Fsp3) is 0.833. The van der Waals surface area contributed by atoms with E-state index in [1.165, 1.54) is 7.11 Å². The van der Waals surface area contributed by atoms with Crippen molar-refractivity contribution < 1.29 is 19.1 Å². The topological polar surface area (TPSA) is 67.9 Å². The summed E-state index contributed by atoms with van der Waals surface area (Å²) in [5, 5.41) is 2.64. The zero-order valence-corrected chi connectivity index (χ0v) is 11.5. The Morgan fingerprint density at radius 1 is 1.39 bits per heavy atom. The fourth-order valence-electron chi connectivity index (χ4n) is 1.75. The Morgan fingerprint density at radius 3 is 2.61 bits per heavy atom. The summed E-state index contributed by atoms with van der Waals surface area (Å²) in [6.07, 6.45) is 0.305. The molecule has 2 amide bonds. The van der Waals surface area contributed by atoms with Crippen LogP contribution in [0.25, 0.3) is 0 Å². The van der Waals surface area contributed by atoms with E-state index in [9.17, 15) is 9.59 Å². The van der Waals surface area contributed by atoms with Crippen molar-refractivity contribution in [1.29, 1.82) is 0 Å². The van der Waals surface area contributed by atoms with Gasteiger partial charge in [0.05, 0.1) is 5.92 Å². The highest BCUT2D eigenvalue weighted by atomic mass is 16.6. The highest BCUT2D eigenvalue weighted by Crippen LogP contribution is 2.19. The minimum atomic E-state index is -0.506. The normalized spacial score (nSPS) is 19.8. The SMILES string of the molecule is COCNC(=O)[C@@H]1CCN(C(=O)OC(C)(C)C)C1. The van der Waals surface area contributed by atoms with Crippen molar-refractivity contribution in [2.45, 2.75) is 32.8 Å². The van der Waals surface area contributed by atoms with E-state index in [0.29, 0.717) is 19.5 Å². The standard InChI is InChI=1S/C12H22N2O4/c1-12(2,3)18-11(16)14-6-5-9(7-14)10(15)13-8-17-4/h9H,5-8H2,1-4H3,(H,13,15)/t9-/m1/s1. The molecule has 0 aromatic rings. The van der Waals surface area contributed by atoms with Gasteiger partial charge in [-0.25, -0.2) is 4.79 Å². The molecule has 1 atom stereocenters. The molecule has 6 nitrogen and oxygen atoms in total. The van der Waals surface area contributed by atoms with Crippen molar-refractivity contribution in [3.63, 3.8) is 0 Å². The molecular weight excluding hydrogens is 236 g/mol. The summed E-state index contributed by atoms with van der Waals surface area (Å²) < 4.78 is 10.0. The van der Waals surface area contributed by atoms with Crippen LogP contribution >= 0.6 is 0 Å². The minimum Gasteiger partial charge on any atom is -0.444 e. The van der Waals surface area contributed by atoms with Gasteiger partial charge in [0.15, 0.2) is 0 Å². The molecular formula is C12H22N2O4. The van der Waals surface area contributed by atoms with Gasteiger partial charge in [-0.2, -0.15) is 0 Å². The number of carbonyl (C=O) groups is 2. The van der Waals surface area contributed by atoms with Crippen LogP contribution in [0, 0.1) is 5.92 Å². The van der Waals surface area contributed by atoms with Crippen molar-refractivity contribution >= 4 is 12.0 Å². The Labute approximate surface area is 108 Å². The molecule has 1 rings (SSSR count). The lowest BCUT2D eigenvalue weighted by Crippen LogP contribution is -2.37. The molecule has 0 aromatic heterocycles.